The Kier molecular flexibility index (Phi) is 5.09. The standard InChI is InChI=1S/C14H20N4O2/c1-2-7-15-14-17-12-6-4-3-5-11(12)13(18-14)16-8-10(20)9-19/h3-6,10,19-20H,2,7-9H2,1H3,(H2,15,16,17,18). The zero-order valence-corrected chi connectivity index (χ0v) is 11.5. The number of rotatable bonds is 7. The quantitative estimate of drug-likeness (QED) is 0.608. The van der Waals surface area contributed by atoms with Crippen LogP contribution < -0.4 is 10.6 Å². The summed E-state index contributed by atoms with van der Waals surface area (Å²) in [5.41, 5.74) is 0.835. The predicted molar refractivity (Wildman–Crippen MR) is 79.9 cm³/mol. The van der Waals surface area contributed by atoms with Crippen LogP contribution in [0.2, 0.25) is 0 Å². The Hall–Kier alpha value is -1.92. The fourth-order valence-electron chi connectivity index (χ4n) is 1.81. The Morgan fingerprint density at radius 1 is 1.20 bits per heavy atom. The molecule has 0 aliphatic carbocycles. The van der Waals surface area contributed by atoms with Crippen LogP contribution in [0.25, 0.3) is 10.9 Å². The third-order valence-electron chi connectivity index (χ3n) is 2.85. The molecule has 0 bridgehead atoms. The highest BCUT2D eigenvalue weighted by molar-refractivity contribution is 5.90. The second-order valence-electron chi connectivity index (χ2n) is 4.56. The van der Waals surface area contributed by atoms with Gasteiger partial charge in [0.25, 0.3) is 0 Å². The number of aliphatic hydroxyl groups excluding tert-OH is 2. The van der Waals surface area contributed by atoms with E-state index < -0.39 is 6.10 Å². The number of nitrogens with one attached hydrogen (secondary N) is 2. The summed E-state index contributed by atoms with van der Waals surface area (Å²) >= 11 is 0. The summed E-state index contributed by atoms with van der Waals surface area (Å²) in [7, 11) is 0. The molecule has 6 nitrogen and oxygen atoms in total. The highest BCUT2D eigenvalue weighted by Gasteiger charge is 2.08. The molecule has 1 aromatic heterocycles. The van der Waals surface area contributed by atoms with Crippen molar-refractivity contribution in [1.82, 2.24) is 9.97 Å². The fraction of sp³-hybridized carbons (Fsp3) is 0.429. The van der Waals surface area contributed by atoms with E-state index in [1.165, 1.54) is 0 Å². The molecule has 1 unspecified atom stereocenters. The van der Waals surface area contributed by atoms with E-state index in [1.54, 1.807) is 0 Å². The first kappa shape index (κ1) is 14.5. The minimum Gasteiger partial charge on any atom is -0.394 e. The van der Waals surface area contributed by atoms with E-state index in [0.717, 1.165) is 23.9 Å². The minimum absolute atomic E-state index is 0.241. The molecular weight excluding hydrogens is 256 g/mol. The van der Waals surface area contributed by atoms with Gasteiger partial charge >= 0.3 is 0 Å². The van der Waals surface area contributed by atoms with Gasteiger partial charge in [-0.3, -0.25) is 0 Å². The van der Waals surface area contributed by atoms with E-state index in [1.807, 2.05) is 24.3 Å². The van der Waals surface area contributed by atoms with Crippen molar-refractivity contribution in [3.8, 4) is 0 Å². The molecule has 0 spiro atoms. The van der Waals surface area contributed by atoms with Gasteiger partial charge in [0.1, 0.15) is 5.82 Å². The summed E-state index contributed by atoms with van der Waals surface area (Å²) in [5, 5.41) is 25.4. The number of nitrogens with zero attached hydrogens (tertiary/aromatic N) is 2. The fourth-order valence-corrected chi connectivity index (χ4v) is 1.81. The van der Waals surface area contributed by atoms with Crippen LogP contribution in [0.5, 0.6) is 0 Å². The normalized spacial score (nSPS) is 12.3. The van der Waals surface area contributed by atoms with Crippen LogP contribution in [0.3, 0.4) is 0 Å². The molecule has 2 rings (SSSR count). The molecule has 0 radical (unpaired) electrons. The van der Waals surface area contributed by atoms with Crippen molar-refractivity contribution in [2.75, 3.05) is 30.3 Å². The van der Waals surface area contributed by atoms with Gasteiger partial charge < -0.3 is 20.8 Å². The van der Waals surface area contributed by atoms with E-state index in [-0.39, 0.29) is 13.2 Å². The summed E-state index contributed by atoms with van der Waals surface area (Å²) < 4.78 is 0. The largest absolute Gasteiger partial charge is 0.394 e. The van der Waals surface area contributed by atoms with Crippen LogP contribution in [0.15, 0.2) is 24.3 Å². The lowest BCUT2D eigenvalue weighted by Crippen LogP contribution is -2.23. The minimum atomic E-state index is -0.809. The first-order valence-electron chi connectivity index (χ1n) is 6.78. The van der Waals surface area contributed by atoms with Crippen molar-refractivity contribution in [2.24, 2.45) is 0 Å². The van der Waals surface area contributed by atoms with Crippen LogP contribution in [0, 0.1) is 0 Å². The highest BCUT2D eigenvalue weighted by atomic mass is 16.3. The molecule has 2 aromatic rings. The van der Waals surface area contributed by atoms with Crippen molar-refractivity contribution in [2.45, 2.75) is 19.4 Å². The first-order chi connectivity index (χ1) is 9.74. The first-order valence-corrected chi connectivity index (χ1v) is 6.78. The van der Waals surface area contributed by atoms with E-state index in [2.05, 4.69) is 27.5 Å². The molecule has 20 heavy (non-hydrogen) atoms. The number of aliphatic hydroxyl groups is 2. The van der Waals surface area contributed by atoms with Gasteiger partial charge in [-0.2, -0.15) is 4.98 Å². The molecule has 0 saturated carbocycles. The van der Waals surface area contributed by atoms with E-state index in [4.69, 9.17) is 5.11 Å². The molecule has 6 heteroatoms. The lowest BCUT2D eigenvalue weighted by molar-refractivity contribution is 0.105. The smallest absolute Gasteiger partial charge is 0.225 e. The highest BCUT2D eigenvalue weighted by Crippen LogP contribution is 2.21. The summed E-state index contributed by atoms with van der Waals surface area (Å²) in [6.07, 6.45) is 0.179. The second-order valence-corrected chi connectivity index (χ2v) is 4.56. The van der Waals surface area contributed by atoms with Gasteiger partial charge in [0, 0.05) is 18.5 Å². The van der Waals surface area contributed by atoms with Crippen LogP contribution in [0.4, 0.5) is 11.8 Å². The molecule has 0 aliphatic heterocycles. The van der Waals surface area contributed by atoms with Crippen molar-refractivity contribution < 1.29 is 10.2 Å². The van der Waals surface area contributed by atoms with Crippen LogP contribution >= 0.6 is 0 Å². The number of hydrogen-bond donors (Lipinski definition) is 4. The molecule has 0 saturated heterocycles. The monoisotopic (exact) mass is 276 g/mol. The molecule has 108 valence electrons. The van der Waals surface area contributed by atoms with E-state index in [9.17, 15) is 5.11 Å². The molecule has 1 aromatic carbocycles. The maximum absolute atomic E-state index is 9.43. The number of anilines is 2. The predicted octanol–water partition coefficient (Wildman–Crippen LogP) is 1.22. The van der Waals surface area contributed by atoms with Gasteiger partial charge in [-0.05, 0) is 18.6 Å². The van der Waals surface area contributed by atoms with Crippen LogP contribution in [0.1, 0.15) is 13.3 Å². The third kappa shape index (κ3) is 3.55. The number of aromatic nitrogens is 2. The Balaban J connectivity index is 2.28. The number of hydrogen-bond acceptors (Lipinski definition) is 6. The van der Waals surface area contributed by atoms with Crippen LogP contribution in [-0.4, -0.2) is 46.0 Å². The second kappa shape index (κ2) is 7.02. The molecule has 1 heterocycles. The Morgan fingerprint density at radius 2 is 2.00 bits per heavy atom. The maximum atomic E-state index is 9.43. The average Bonchev–Trinajstić information content (AvgIpc) is 2.50. The third-order valence-corrected chi connectivity index (χ3v) is 2.85. The zero-order valence-electron chi connectivity index (χ0n) is 11.5. The summed E-state index contributed by atoms with van der Waals surface area (Å²) in [4.78, 5) is 8.87. The van der Waals surface area contributed by atoms with E-state index in [0.29, 0.717) is 11.8 Å². The van der Waals surface area contributed by atoms with Gasteiger partial charge in [0.05, 0.1) is 18.2 Å². The van der Waals surface area contributed by atoms with Gasteiger partial charge in [0.15, 0.2) is 0 Å². The molecule has 1 atom stereocenters. The Morgan fingerprint density at radius 3 is 2.75 bits per heavy atom. The molecule has 0 aliphatic rings. The van der Waals surface area contributed by atoms with Crippen molar-refractivity contribution in [3.05, 3.63) is 24.3 Å². The lowest BCUT2D eigenvalue weighted by Gasteiger charge is -2.13. The maximum Gasteiger partial charge on any atom is 0.225 e. The topological polar surface area (TPSA) is 90.3 Å². The molecule has 0 amide bonds. The van der Waals surface area contributed by atoms with Crippen molar-refractivity contribution in [3.63, 3.8) is 0 Å². The number of para-hydroxylation sites is 1. The average molecular weight is 276 g/mol. The van der Waals surface area contributed by atoms with Crippen molar-refractivity contribution in [1.29, 1.82) is 0 Å². The van der Waals surface area contributed by atoms with Gasteiger partial charge in [-0.1, -0.05) is 19.1 Å². The van der Waals surface area contributed by atoms with Crippen molar-refractivity contribution >= 4 is 22.7 Å². The Bertz CT molecular complexity index is 562. The van der Waals surface area contributed by atoms with Gasteiger partial charge in [-0.15, -0.1) is 0 Å². The summed E-state index contributed by atoms with van der Waals surface area (Å²) in [6, 6.07) is 7.68. The summed E-state index contributed by atoms with van der Waals surface area (Å²) in [6.45, 7) is 2.84. The molecule has 0 fully saturated rings. The van der Waals surface area contributed by atoms with E-state index >= 15 is 0 Å². The van der Waals surface area contributed by atoms with Crippen LogP contribution in [-0.2, 0) is 0 Å². The van der Waals surface area contributed by atoms with Gasteiger partial charge in [0.2, 0.25) is 5.95 Å². The number of benzene rings is 1. The molecule has 4 N–H and O–H groups in total. The molecular formula is C14H20N4O2. The zero-order chi connectivity index (χ0) is 14.4. The number of fused-ring (bicyclic) bond motifs is 1. The lowest BCUT2D eigenvalue weighted by atomic mass is 10.2. The van der Waals surface area contributed by atoms with Gasteiger partial charge in [-0.25, -0.2) is 4.98 Å². The summed E-state index contributed by atoms with van der Waals surface area (Å²) in [5.74, 6) is 1.22. The SMILES string of the molecule is CCCNc1nc(NCC(O)CO)c2ccccc2n1. The Labute approximate surface area is 117 Å².